The van der Waals surface area contributed by atoms with Gasteiger partial charge in [0.2, 0.25) is 5.91 Å². The molecule has 0 bridgehead atoms. The smallest absolute Gasteiger partial charge is 0.223 e. The molecule has 0 radical (unpaired) electrons. The Labute approximate surface area is 130 Å². The van der Waals surface area contributed by atoms with E-state index in [1.54, 1.807) is 17.3 Å². The number of aromatic nitrogens is 1. The van der Waals surface area contributed by atoms with Gasteiger partial charge in [-0.25, -0.2) is 0 Å². The molecule has 3 rings (SSSR count). The molecular weight excluding hydrogens is 276 g/mol. The number of pyridine rings is 1. The first kappa shape index (κ1) is 14.7. The van der Waals surface area contributed by atoms with Crippen molar-refractivity contribution in [3.8, 4) is 0 Å². The van der Waals surface area contributed by atoms with E-state index in [9.17, 15) is 9.90 Å². The topological polar surface area (TPSA) is 53.4 Å². The normalized spacial score (nSPS) is 21.0. The van der Waals surface area contributed by atoms with E-state index in [1.807, 2.05) is 42.5 Å². The van der Waals surface area contributed by atoms with Crippen LogP contribution in [0.2, 0.25) is 0 Å². The van der Waals surface area contributed by atoms with Crippen LogP contribution in [0.1, 0.15) is 24.0 Å². The van der Waals surface area contributed by atoms with Crippen molar-refractivity contribution in [1.82, 2.24) is 9.88 Å². The number of hydrogen-bond donors (Lipinski definition) is 1. The maximum absolute atomic E-state index is 12.3. The number of carbonyl (C=O) groups excluding carboxylic acids is 1. The second-order valence-electron chi connectivity index (χ2n) is 5.82. The van der Waals surface area contributed by atoms with E-state index in [-0.39, 0.29) is 5.91 Å². The lowest BCUT2D eigenvalue weighted by atomic mass is 9.93. The Morgan fingerprint density at radius 2 is 2.05 bits per heavy atom. The molecule has 0 saturated carbocycles. The molecule has 22 heavy (non-hydrogen) atoms. The SMILES string of the molecule is O=C(CCc1cccnc1)N1CC[C@](O)(c2ccccc2)C1. The lowest BCUT2D eigenvalue weighted by molar-refractivity contribution is -0.131. The highest BCUT2D eigenvalue weighted by molar-refractivity contribution is 5.77. The number of aliphatic hydroxyl groups is 1. The van der Waals surface area contributed by atoms with Gasteiger partial charge in [0.1, 0.15) is 5.60 Å². The Morgan fingerprint density at radius 1 is 1.23 bits per heavy atom. The number of hydrogen-bond acceptors (Lipinski definition) is 3. The predicted molar refractivity (Wildman–Crippen MR) is 84.1 cm³/mol. The van der Waals surface area contributed by atoms with E-state index in [4.69, 9.17) is 0 Å². The molecule has 1 fully saturated rings. The molecule has 0 spiro atoms. The summed E-state index contributed by atoms with van der Waals surface area (Å²) in [6.07, 6.45) is 5.25. The Bertz CT molecular complexity index is 630. The summed E-state index contributed by atoms with van der Waals surface area (Å²) in [5.41, 5.74) is 1.04. The molecule has 1 aliphatic rings. The minimum Gasteiger partial charge on any atom is -0.383 e. The molecule has 114 valence electrons. The van der Waals surface area contributed by atoms with Crippen molar-refractivity contribution in [2.24, 2.45) is 0 Å². The largest absolute Gasteiger partial charge is 0.383 e. The van der Waals surface area contributed by atoms with Crippen molar-refractivity contribution >= 4 is 5.91 Å². The van der Waals surface area contributed by atoms with Crippen LogP contribution >= 0.6 is 0 Å². The fourth-order valence-electron chi connectivity index (χ4n) is 2.95. The van der Waals surface area contributed by atoms with Crippen molar-refractivity contribution in [3.05, 3.63) is 66.0 Å². The maximum atomic E-state index is 12.3. The molecule has 1 saturated heterocycles. The lowest BCUT2D eigenvalue weighted by Crippen LogP contribution is -2.34. The maximum Gasteiger partial charge on any atom is 0.223 e. The van der Waals surface area contributed by atoms with Crippen LogP contribution in [0.25, 0.3) is 0 Å². The highest BCUT2D eigenvalue weighted by Gasteiger charge is 2.39. The van der Waals surface area contributed by atoms with Crippen molar-refractivity contribution in [1.29, 1.82) is 0 Å². The van der Waals surface area contributed by atoms with Crippen LogP contribution in [-0.2, 0) is 16.8 Å². The molecule has 2 heterocycles. The molecule has 4 heteroatoms. The zero-order valence-corrected chi connectivity index (χ0v) is 12.5. The summed E-state index contributed by atoms with van der Waals surface area (Å²) in [4.78, 5) is 18.2. The molecule has 1 aromatic carbocycles. The van der Waals surface area contributed by atoms with Gasteiger partial charge in [0.15, 0.2) is 0 Å². The molecule has 1 amide bonds. The van der Waals surface area contributed by atoms with Crippen molar-refractivity contribution < 1.29 is 9.90 Å². The molecule has 1 atom stereocenters. The first-order valence-corrected chi connectivity index (χ1v) is 7.62. The average Bonchev–Trinajstić information content (AvgIpc) is 2.98. The minimum atomic E-state index is -0.911. The zero-order chi connectivity index (χ0) is 15.4. The van der Waals surface area contributed by atoms with Crippen molar-refractivity contribution in [2.75, 3.05) is 13.1 Å². The number of benzene rings is 1. The Morgan fingerprint density at radius 3 is 2.77 bits per heavy atom. The van der Waals surface area contributed by atoms with Gasteiger partial charge in [0.05, 0.1) is 6.54 Å². The Kier molecular flexibility index (Phi) is 4.20. The summed E-state index contributed by atoms with van der Waals surface area (Å²) in [6, 6.07) is 13.5. The minimum absolute atomic E-state index is 0.0932. The third-order valence-corrected chi connectivity index (χ3v) is 4.26. The van der Waals surface area contributed by atoms with Crippen LogP contribution in [-0.4, -0.2) is 34.0 Å². The molecule has 1 aliphatic heterocycles. The third-order valence-electron chi connectivity index (χ3n) is 4.26. The Hall–Kier alpha value is -2.20. The lowest BCUT2D eigenvalue weighted by Gasteiger charge is -2.24. The van der Waals surface area contributed by atoms with Gasteiger partial charge in [-0.05, 0) is 30.0 Å². The van der Waals surface area contributed by atoms with Gasteiger partial charge in [-0.1, -0.05) is 36.4 Å². The zero-order valence-electron chi connectivity index (χ0n) is 12.5. The van der Waals surface area contributed by atoms with Gasteiger partial charge < -0.3 is 10.0 Å². The van der Waals surface area contributed by atoms with Gasteiger partial charge >= 0.3 is 0 Å². The average molecular weight is 296 g/mol. The summed E-state index contributed by atoms with van der Waals surface area (Å²) in [7, 11) is 0. The second-order valence-corrected chi connectivity index (χ2v) is 5.82. The van der Waals surface area contributed by atoms with E-state index >= 15 is 0 Å². The fraction of sp³-hybridized carbons (Fsp3) is 0.333. The van der Waals surface area contributed by atoms with Gasteiger partial charge in [-0.2, -0.15) is 0 Å². The number of aryl methyl sites for hydroxylation is 1. The quantitative estimate of drug-likeness (QED) is 0.940. The van der Waals surface area contributed by atoms with E-state index in [0.29, 0.717) is 32.4 Å². The number of β-amino-alcohol motifs (C(OH)–C–C–N with tert-alkyl or cyclic N) is 1. The van der Waals surface area contributed by atoms with Gasteiger partial charge in [-0.15, -0.1) is 0 Å². The first-order valence-electron chi connectivity index (χ1n) is 7.62. The molecule has 0 unspecified atom stereocenters. The van der Waals surface area contributed by atoms with E-state index in [1.165, 1.54) is 0 Å². The number of nitrogens with zero attached hydrogens (tertiary/aromatic N) is 2. The summed E-state index contributed by atoms with van der Waals surface area (Å²) in [6.45, 7) is 0.986. The van der Waals surface area contributed by atoms with Gasteiger partial charge in [-0.3, -0.25) is 9.78 Å². The van der Waals surface area contributed by atoms with Crippen molar-refractivity contribution in [3.63, 3.8) is 0 Å². The summed E-state index contributed by atoms with van der Waals surface area (Å²) in [5, 5.41) is 10.8. The molecule has 2 aromatic rings. The van der Waals surface area contributed by atoms with Crippen LogP contribution in [0, 0.1) is 0 Å². The molecule has 1 N–H and O–H groups in total. The highest BCUT2D eigenvalue weighted by atomic mass is 16.3. The predicted octanol–water partition coefficient (Wildman–Crippen LogP) is 2.13. The fourth-order valence-corrected chi connectivity index (χ4v) is 2.95. The van der Waals surface area contributed by atoms with Gasteiger partial charge in [0.25, 0.3) is 0 Å². The Balaban J connectivity index is 1.59. The summed E-state index contributed by atoms with van der Waals surface area (Å²) >= 11 is 0. The van der Waals surface area contributed by atoms with Crippen LogP contribution in [0.4, 0.5) is 0 Å². The van der Waals surface area contributed by atoms with Crippen LogP contribution in [0.3, 0.4) is 0 Å². The molecule has 0 aliphatic carbocycles. The molecular formula is C18H20N2O2. The number of carbonyl (C=O) groups is 1. The molecule has 4 nitrogen and oxygen atoms in total. The van der Waals surface area contributed by atoms with Crippen LogP contribution in [0.15, 0.2) is 54.9 Å². The van der Waals surface area contributed by atoms with E-state index < -0.39 is 5.60 Å². The summed E-state index contributed by atoms with van der Waals surface area (Å²) < 4.78 is 0. The van der Waals surface area contributed by atoms with E-state index in [0.717, 1.165) is 11.1 Å². The monoisotopic (exact) mass is 296 g/mol. The van der Waals surface area contributed by atoms with E-state index in [2.05, 4.69) is 4.98 Å². The summed E-state index contributed by atoms with van der Waals surface area (Å²) in [5.74, 6) is 0.0932. The third kappa shape index (κ3) is 3.17. The second kappa shape index (κ2) is 6.28. The number of rotatable bonds is 4. The number of amides is 1. The standard InChI is InChI=1S/C18H20N2O2/c21-17(9-8-15-5-4-11-19-13-15)20-12-10-18(22,14-20)16-6-2-1-3-7-16/h1-7,11,13,22H,8-10,12,14H2/t18-/m1/s1. The molecule has 1 aromatic heterocycles. The van der Waals surface area contributed by atoms with Crippen molar-refractivity contribution in [2.45, 2.75) is 24.9 Å². The van der Waals surface area contributed by atoms with Gasteiger partial charge in [0, 0.05) is 25.4 Å². The highest BCUT2D eigenvalue weighted by Crippen LogP contribution is 2.32. The van der Waals surface area contributed by atoms with Crippen LogP contribution < -0.4 is 0 Å². The van der Waals surface area contributed by atoms with Crippen LogP contribution in [0.5, 0.6) is 0 Å². The number of likely N-dealkylation sites (tertiary alicyclic amines) is 1. The first-order chi connectivity index (χ1) is 10.7.